The van der Waals surface area contributed by atoms with Crippen LogP contribution in [0.15, 0.2) is 39.0 Å². The van der Waals surface area contributed by atoms with Gasteiger partial charge >= 0.3 is 0 Å². The first-order chi connectivity index (χ1) is 10.2. The second-order valence-electron chi connectivity index (χ2n) is 5.05. The number of hydrogen-bond acceptors (Lipinski definition) is 7. The highest BCUT2D eigenvalue weighted by Crippen LogP contribution is 2.33. The van der Waals surface area contributed by atoms with E-state index in [9.17, 15) is 25.3 Å². The quantitative estimate of drug-likeness (QED) is 0.577. The molecule has 0 heterocycles. The summed E-state index contributed by atoms with van der Waals surface area (Å²) < 4.78 is 79.0. The third-order valence-electron chi connectivity index (χ3n) is 3.12. The number of sulfone groups is 2. The highest BCUT2D eigenvalue weighted by molar-refractivity contribution is 7.91. The molecule has 0 saturated heterocycles. The average Bonchev–Trinajstić information content (AvgIpc) is 2.33. The van der Waals surface area contributed by atoms with Crippen molar-refractivity contribution in [2.75, 3.05) is 18.2 Å². The predicted molar refractivity (Wildman–Crippen MR) is 84.4 cm³/mol. The van der Waals surface area contributed by atoms with E-state index in [1.54, 1.807) is 0 Å². The second-order valence-corrected chi connectivity index (χ2v) is 10.5. The molecule has 0 radical (unpaired) electrons. The minimum absolute atomic E-state index is 0.00713. The van der Waals surface area contributed by atoms with Gasteiger partial charge in [0, 0.05) is 23.6 Å². The first-order valence-electron chi connectivity index (χ1n) is 5.96. The van der Waals surface area contributed by atoms with Crippen LogP contribution in [0.2, 0.25) is 0 Å². The highest BCUT2D eigenvalue weighted by Gasteiger charge is 2.22. The van der Waals surface area contributed by atoms with E-state index >= 15 is 0 Å². The van der Waals surface area contributed by atoms with E-state index in [1.807, 2.05) is 0 Å². The van der Waals surface area contributed by atoms with Crippen LogP contribution in [0.1, 0.15) is 0 Å². The van der Waals surface area contributed by atoms with Crippen molar-refractivity contribution in [2.45, 2.75) is 14.7 Å². The molecule has 0 aromatic heterocycles. The van der Waals surface area contributed by atoms with Crippen molar-refractivity contribution in [3.8, 4) is 0 Å². The van der Waals surface area contributed by atoms with Gasteiger partial charge in [-0.3, -0.25) is 4.55 Å². The molecular formula is C12H13NO7S3. The lowest BCUT2D eigenvalue weighted by atomic mass is 10.1. The van der Waals surface area contributed by atoms with Crippen LogP contribution in [0.4, 0.5) is 5.69 Å². The molecular weight excluding hydrogens is 366 g/mol. The highest BCUT2D eigenvalue weighted by atomic mass is 32.2. The van der Waals surface area contributed by atoms with Crippen LogP contribution in [0, 0.1) is 0 Å². The normalized spacial score (nSPS) is 13.3. The van der Waals surface area contributed by atoms with Crippen LogP contribution in [0.25, 0.3) is 10.8 Å². The van der Waals surface area contributed by atoms with Crippen LogP contribution < -0.4 is 5.73 Å². The van der Waals surface area contributed by atoms with Crippen molar-refractivity contribution in [1.29, 1.82) is 0 Å². The number of rotatable bonds is 3. The molecule has 2 aromatic carbocycles. The summed E-state index contributed by atoms with van der Waals surface area (Å²) in [5.74, 6) is 0. The van der Waals surface area contributed by atoms with Gasteiger partial charge in [-0.15, -0.1) is 0 Å². The van der Waals surface area contributed by atoms with Gasteiger partial charge in [-0.05, 0) is 29.7 Å². The maximum Gasteiger partial charge on any atom is 0.294 e. The minimum Gasteiger partial charge on any atom is -0.398 e. The van der Waals surface area contributed by atoms with E-state index in [4.69, 9.17) is 10.3 Å². The molecule has 0 saturated carbocycles. The zero-order valence-corrected chi connectivity index (χ0v) is 14.5. The Morgan fingerprint density at radius 2 is 1.35 bits per heavy atom. The lowest BCUT2D eigenvalue weighted by molar-refractivity contribution is 0.483. The molecule has 0 aliphatic carbocycles. The number of anilines is 1. The lowest BCUT2D eigenvalue weighted by Gasteiger charge is -2.11. The number of nitrogen functional groups attached to an aromatic ring is 1. The molecule has 0 spiro atoms. The smallest absolute Gasteiger partial charge is 0.294 e. The zero-order chi connectivity index (χ0) is 17.8. The Labute approximate surface area is 133 Å². The average molecular weight is 379 g/mol. The van der Waals surface area contributed by atoms with Gasteiger partial charge in [0.25, 0.3) is 10.1 Å². The summed E-state index contributed by atoms with van der Waals surface area (Å²) in [6.45, 7) is 0. The summed E-state index contributed by atoms with van der Waals surface area (Å²) in [6, 6.07) is 3.94. The van der Waals surface area contributed by atoms with Gasteiger partial charge in [0.05, 0.1) is 14.7 Å². The lowest BCUT2D eigenvalue weighted by Crippen LogP contribution is -2.06. The molecule has 23 heavy (non-hydrogen) atoms. The Hall–Kier alpha value is -1.69. The van der Waals surface area contributed by atoms with Crippen LogP contribution in [-0.4, -0.2) is 42.3 Å². The molecule has 8 nitrogen and oxygen atoms in total. The maximum atomic E-state index is 11.9. The van der Waals surface area contributed by atoms with Crippen molar-refractivity contribution < 1.29 is 29.8 Å². The standard InChI is InChI=1S/C12H13NO7S3/c1-21(14,15)8-3-7-4-9(23(18,19)20)6-11(22(2,16)17)12(7)10(13)5-8/h3-6H,13H2,1-2H3,(H,18,19,20). The molecule has 11 heteroatoms. The predicted octanol–water partition coefficient (Wildman–Crippen LogP) is 0.476. The van der Waals surface area contributed by atoms with E-state index in [1.165, 1.54) is 0 Å². The van der Waals surface area contributed by atoms with Crippen molar-refractivity contribution >= 4 is 46.3 Å². The Balaban J connectivity index is 3.12. The molecule has 126 valence electrons. The van der Waals surface area contributed by atoms with Gasteiger partial charge in [-0.25, -0.2) is 16.8 Å². The number of benzene rings is 2. The monoisotopic (exact) mass is 379 g/mol. The van der Waals surface area contributed by atoms with Crippen LogP contribution in [0.3, 0.4) is 0 Å². The molecule has 0 aliphatic rings. The summed E-state index contributed by atoms with van der Waals surface area (Å²) in [6.07, 6.45) is 1.77. The fraction of sp³-hybridized carbons (Fsp3) is 0.167. The van der Waals surface area contributed by atoms with Gasteiger partial charge in [0.1, 0.15) is 0 Å². The summed E-state index contributed by atoms with van der Waals surface area (Å²) in [5.41, 5.74) is 5.64. The topological polar surface area (TPSA) is 149 Å². The molecule has 0 amide bonds. The molecule has 2 rings (SSSR count). The molecule has 0 unspecified atom stereocenters. The van der Waals surface area contributed by atoms with Crippen molar-refractivity contribution in [3.63, 3.8) is 0 Å². The van der Waals surface area contributed by atoms with Crippen LogP contribution in [0.5, 0.6) is 0 Å². The van der Waals surface area contributed by atoms with E-state index < -0.39 is 39.6 Å². The molecule has 2 aromatic rings. The van der Waals surface area contributed by atoms with Crippen molar-refractivity contribution in [3.05, 3.63) is 24.3 Å². The van der Waals surface area contributed by atoms with Gasteiger partial charge in [0.15, 0.2) is 19.7 Å². The zero-order valence-electron chi connectivity index (χ0n) is 12.0. The molecule has 0 fully saturated rings. The van der Waals surface area contributed by atoms with Crippen molar-refractivity contribution in [1.82, 2.24) is 0 Å². The summed E-state index contributed by atoms with van der Waals surface area (Å²) in [7, 11) is -12.2. The molecule has 0 aliphatic heterocycles. The van der Waals surface area contributed by atoms with Crippen LogP contribution in [-0.2, 0) is 29.8 Å². The number of nitrogens with two attached hydrogens (primary N) is 1. The third-order valence-corrected chi connectivity index (χ3v) is 6.16. The van der Waals surface area contributed by atoms with Gasteiger partial charge in [0.2, 0.25) is 0 Å². The van der Waals surface area contributed by atoms with E-state index in [2.05, 4.69) is 0 Å². The van der Waals surface area contributed by atoms with E-state index in [0.717, 1.165) is 36.8 Å². The Morgan fingerprint density at radius 3 is 1.78 bits per heavy atom. The fourth-order valence-electron chi connectivity index (χ4n) is 2.11. The Morgan fingerprint density at radius 1 is 0.826 bits per heavy atom. The van der Waals surface area contributed by atoms with E-state index in [-0.39, 0.29) is 21.4 Å². The maximum absolute atomic E-state index is 11.9. The summed E-state index contributed by atoms with van der Waals surface area (Å²) in [4.78, 5) is -1.29. The molecule has 3 N–H and O–H groups in total. The minimum atomic E-state index is -4.69. The largest absolute Gasteiger partial charge is 0.398 e. The van der Waals surface area contributed by atoms with Gasteiger partial charge in [-0.2, -0.15) is 8.42 Å². The molecule has 0 atom stereocenters. The van der Waals surface area contributed by atoms with Crippen molar-refractivity contribution in [2.24, 2.45) is 0 Å². The van der Waals surface area contributed by atoms with Crippen LogP contribution >= 0.6 is 0 Å². The first kappa shape index (κ1) is 17.7. The summed E-state index contributed by atoms with van der Waals surface area (Å²) in [5, 5.41) is -0.0340. The van der Waals surface area contributed by atoms with E-state index in [0.29, 0.717) is 0 Å². The number of hydrogen-bond donors (Lipinski definition) is 2. The first-order valence-corrected chi connectivity index (χ1v) is 11.2. The Kier molecular flexibility index (Phi) is 3.96. The fourth-order valence-corrected chi connectivity index (χ4v) is 4.36. The summed E-state index contributed by atoms with van der Waals surface area (Å²) >= 11 is 0. The second kappa shape index (κ2) is 5.16. The van der Waals surface area contributed by atoms with Gasteiger partial charge in [-0.1, -0.05) is 0 Å². The number of fused-ring (bicyclic) bond motifs is 1. The third kappa shape index (κ3) is 3.47. The van der Waals surface area contributed by atoms with Gasteiger partial charge < -0.3 is 5.73 Å². The SMILES string of the molecule is CS(=O)(=O)c1cc(N)c2c(S(C)(=O)=O)cc(S(=O)(=O)O)cc2c1. The molecule has 0 bridgehead atoms. The Bertz CT molecular complexity index is 1130.